The van der Waals surface area contributed by atoms with Crippen LogP contribution in [0.1, 0.15) is 26.6 Å². The van der Waals surface area contributed by atoms with Gasteiger partial charge in [0.2, 0.25) is 0 Å². The molecule has 0 N–H and O–H groups in total. The lowest BCUT2D eigenvalue weighted by molar-refractivity contribution is 0.102. The summed E-state index contributed by atoms with van der Waals surface area (Å²) < 4.78 is 28.3. The van der Waals surface area contributed by atoms with E-state index in [4.69, 9.17) is 0 Å². The number of thioether (sulfide) groups is 1. The molecule has 0 unspecified atom stereocenters. The maximum absolute atomic E-state index is 13.3. The van der Waals surface area contributed by atoms with Crippen molar-refractivity contribution in [2.24, 2.45) is 0 Å². The van der Waals surface area contributed by atoms with Gasteiger partial charge in [-0.1, -0.05) is 6.07 Å². The van der Waals surface area contributed by atoms with Crippen molar-refractivity contribution < 1.29 is 13.6 Å². The largest absolute Gasteiger partial charge is 0.343 e. The SMILES string of the molecule is Cc1cc(C(=O)CSc2ccc(F)c(F)c2)c(C)n1Cc1cccs1. The van der Waals surface area contributed by atoms with E-state index in [9.17, 15) is 13.6 Å². The summed E-state index contributed by atoms with van der Waals surface area (Å²) in [6, 6.07) is 9.67. The van der Waals surface area contributed by atoms with E-state index in [1.54, 1.807) is 11.3 Å². The molecule has 0 saturated carbocycles. The van der Waals surface area contributed by atoms with Crippen molar-refractivity contribution in [1.29, 1.82) is 0 Å². The van der Waals surface area contributed by atoms with Gasteiger partial charge in [0.1, 0.15) is 0 Å². The number of Topliss-reactive ketones (excluding diaryl/α,β-unsaturated/α-hetero) is 1. The number of carbonyl (C=O) groups excluding carboxylic acids is 1. The van der Waals surface area contributed by atoms with Gasteiger partial charge in [-0.25, -0.2) is 8.78 Å². The minimum atomic E-state index is -0.897. The second-order valence-electron chi connectivity index (χ2n) is 5.74. The molecular weight excluding hydrogens is 360 g/mol. The molecule has 6 heteroatoms. The second kappa shape index (κ2) is 7.54. The molecule has 25 heavy (non-hydrogen) atoms. The topological polar surface area (TPSA) is 22.0 Å². The van der Waals surface area contributed by atoms with E-state index in [-0.39, 0.29) is 11.5 Å². The average molecular weight is 377 g/mol. The molecule has 0 aliphatic rings. The first-order chi connectivity index (χ1) is 12.0. The van der Waals surface area contributed by atoms with Crippen LogP contribution in [0.3, 0.4) is 0 Å². The fourth-order valence-electron chi connectivity index (χ4n) is 2.68. The van der Waals surface area contributed by atoms with Gasteiger partial charge in [-0.15, -0.1) is 23.1 Å². The Bertz CT molecular complexity index is 901. The quantitative estimate of drug-likeness (QED) is 0.420. The molecule has 0 amide bonds. The fraction of sp³-hybridized carbons (Fsp3) is 0.211. The molecule has 0 saturated heterocycles. The van der Waals surface area contributed by atoms with Crippen LogP contribution in [0.2, 0.25) is 0 Å². The fourth-order valence-corrected chi connectivity index (χ4v) is 4.18. The molecule has 3 aromatic rings. The highest BCUT2D eigenvalue weighted by molar-refractivity contribution is 8.00. The van der Waals surface area contributed by atoms with Gasteiger partial charge in [0.25, 0.3) is 0 Å². The number of hydrogen-bond acceptors (Lipinski definition) is 3. The number of halogens is 2. The summed E-state index contributed by atoms with van der Waals surface area (Å²) in [6.45, 7) is 4.68. The number of hydrogen-bond donors (Lipinski definition) is 0. The van der Waals surface area contributed by atoms with E-state index in [2.05, 4.69) is 10.6 Å². The molecule has 0 radical (unpaired) electrons. The number of ketones is 1. The highest BCUT2D eigenvalue weighted by atomic mass is 32.2. The van der Waals surface area contributed by atoms with Crippen LogP contribution < -0.4 is 0 Å². The highest BCUT2D eigenvalue weighted by Gasteiger charge is 2.16. The Hall–Kier alpha value is -1.92. The van der Waals surface area contributed by atoms with Crippen LogP contribution >= 0.6 is 23.1 Å². The Morgan fingerprint density at radius 2 is 1.96 bits per heavy atom. The second-order valence-corrected chi connectivity index (χ2v) is 7.82. The van der Waals surface area contributed by atoms with Crippen LogP contribution in [0.4, 0.5) is 8.78 Å². The highest BCUT2D eigenvalue weighted by Crippen LogP contribution is 2.24. The van der Waals surface area contributed by atoms with Crippen molar-refractivity contribution in [1.82, 2.24) is 4.57 Å². The van der Waals surface area contributed by atoms with Crippen LogP contribution in [0.15, 0.2) is 46.7 Å². The summed E-state index contributed by atoms with van der Waals surface area (Å²) in [7, 11) is 0. The minimum Gasteiger partial charge on any atom is -0.343 e. The van der Waals surface area contributed by atoms with Gasteiger partial charge in [-0.05, 0) is 49.6 Å². The summed E-state index contributed by atoms with van der Waals surface area (Å²) >= 11 is 2.90. The number of aryl methyl sites for hydroxylation is 1. The van der Waals surface area contributed by atoms with Crippen molar-refractivity contribution in [3.63, 3.8) is 0 Å². The van der Waals surface area contributed by atoms with E-state index in [1.807, 2.05) is 31.4 Å². The number of aromatic nitrogens is 1. The Morgan fingerprint density at radius 1 is 1.16 bits per heavy atom. The molecule has 0 fully saturated rings. The number of benzene rings is 1. The van der Waals surface area contributed by atoms with Gasteiger partial charge in [0, 0.05) is 26.7 Å². The van der Waals surface area contributed by atoms with Crippen LogP contribution in [0.5, 0.6) is 0 Å². The molecule has 0 bridgehead atoms. The first-order valence-corrected chi connectivity index (χ1v) is 9.62. The number of nitrogens with zero attached hydrogens (tertiary/aromatic N) is 1. The van der Waals surface area contributed by atoms with Crippen LogP contribution in [0, 0.1) is 25.5 Å². The molecule has 0 aliphatic carbocycles. The van der Waals surface area contributed by atoms with Crippen LogP contribution in [0.25, 0.3) is 0 Å². The lowest BCUT2D eigenvalue weighted by atomic mass is 10.2. The monoisotopic (exact) mass is 377 g/mol. The molecule has 2 nitrogen and oxygen atoms in total. The zero-order valence-corrected chi connectivity index (χ0v) is 15.5. The maximum Gasteiger partial charge on any atom is 0.174 e. The summed E-state index contributed by atoms with van der Waals surface area (Å²) in [5, 5.41) is 2.04. The number of rotatable bonds is 6. The van der Waals surface area contributed by atoms with Crippen molar-refractivity contribution in [2.45, 2.75) is 25.3 Å². The predicted octanol–water partition coefficient (Wildman–Crippen LogP) is 5.47. The Labute approximate surface area is 153 Å². The summed E-state index contributed by atoms with van der Waals surface area (Å²) in [5.41, 5.74) is 2.65. The molecule has 2 aromatic heterocycles. The Kier molecular flexibility index (Phi) is 5.39. The molecule has 3 rings (SSSR count). The smallest absolute Gasteiger partial charge is 0.174 e. The van der Waals surface area contributed by atoms with Gasteiger partial charge in [-0.2, -0.15) is 0 Å². The lowest BCUT2D eigenvalue weighted by Gasteiger charge is -2.08. The van der Waals surface area contributed by atoms with Crippen molar-refractivity contribution in [3.05, 3.63) is 75.2 Å². The third-order valence-corrected chi connectivity index (χ3v) is 5.88. The standard InChI is InChI=1S/C19H17F2NOS2/c1-12-8-16(13(2)22(12)10-15-4-3-7-24-15)19(23)11-25-14-5-6-17(20)18(21)9-14/h3-9H,10-11H2,1-2H3. The molecule has 2 heterocycles. The van der Waals surface area contributed by atoms with Crippen LogP contribution in [-0.2, 0) is 6.54 Å². The zero-order valence-electron chi connectivity index (χ0n) is 13.9. The van der Waals surface area contributed by atoms with Gasteiger partial charge in [-0.3, -0.25) is 4.79 Å². The molecule has 0 atom stereocenters. The molecule has 130 valence electrons. The lowest BCUT2D eigenvalue weighted by Crippen LogP contribution is -2.07. The van der Waals surface area contributed by atoms with Crippen molar-refractivity contribution in [2.75, 3.05) is 5.75 Å². The van der Waals surface area contributed by atoms with E-state index in [1.165, 1.54) is 22.7 Å². The van der Waals surface area contributed by atoms with Gasteiger partial charge in [0.05, 0.1) is 12.3 Å². The Balaban J connectivity index is 1.72. The van der Waals surface area contributed by atoms with E-state index in [0.29, 0.717) is 10.5 Å². The summed E-state index contributed by atoms with van der Waals surface area (Å²) in [4.78, 5) is 14.3. The average Bonchev–Trinajstić information content (AvgIpc) is 3.19. The number of carbonyl (C=O) groups is 1. The van der Waals surface area contributed by atoms with E-state index < -0.39 is 11.6 Å². The normalized spacial score (nSPS) is 11.0. The molecule has 0 aliphatic heterocycles. The third kappa shape index (κ3) is 4.02. The number of thiophene rings is 1. The molecule has 1 aromatic carbocycles. The van der Waals surface area contributed by atoms with Gasteiger partial charge in [0.15, 0.2) is 17.4 Å². The summed E-state index contributed by atoms with van der Waals surface area (Å²) in [5.74, 6) is -1.60. The minimum absolute atomic E-state index is 0.0136. The van der Waals surface area contributed by atoms with E-state index >= 15 is 0 Å². The first kappa shape index (κ1) is 17.9. The first-order valence-electron chi connectivity index (χ1n) is 7.76. The van der Waals surface area contributed by atoms with Crippen LogP contribution in [-0.4, -0.2) is 16.1 Å². The van der Waals surface area contributed by atoms with Crippen molar-refractivity contribution in [3.8, 4) is 0 Å². The summed E-state index contributed by atoms with van der Waals surface area (Å²) in [6.07, 6.45) is 0. The Morgan fingerprint density at radius 3 is 2.64 bits per heavy atom. The van der Waals surface area contributed by atoms with Gasteiger partial charge < -0.3 is 4.57 Å². The van der Waals surface area contributed by atoms with Crippen molar-refractivity contribution >= 4 is 28.9 Å². The maximum atomic E-state index is 13.3. The van der Waals surface area contributed by atoms with Gasteiger partial charge >= 0.3 is 0 Å². The third-order valence-electron chi connectivity index (χ3n) is 4.03. The zero-order chi connectivity index (χ0) is 18.0. The molecular formula is C19H17F2NOS2. The van der Waals surface area contributed by atoms with E-state index in [0.717, 1.165) is 30.1 Å². The predicted molar refractivity (Wildman–Crippen MR) is 98.7 cm³/mol. The molecule has 0 spiro atoms.